The highest BCUT2D eigenvalue weighted by atomic mass is 35.5. The SMILES string of the molecule is N[C@@H](CCC(=O)O)C(=O)N1CC=C(c2cccc3c2CCN(C(=O)C2CC(c4cccc(Cl)c4F)=NO2)C3C(=O)Nc2ccc(C(=O)O)cc2)CC1. The Hall–Kier alpha value is -5.60. The average molecular weight is 732 g/mol. The lowest BCUT2D eigenvalue weighted by molar-refractivity contribution is -0.148. The van der Waals surface area contributed by atoms with Gasteiger partial charge in [-0.1, -0.05) is 47.1 Å². The van der Waals surface area contributed by atoms with Crippen LogP contribution in [0.4, 0.5) is 10.1 Å². The van der Waals surface area contributed by atoms with Gasteiger partial charge < -0.3 is 35.9 Å². The lowest BCUT2D eigenvalue weighted by atomic mass is 9.84. The van der Waals surface area contributed by atoms with Gasteiger partial charge in [0.25, 0.3) is 11.8 Å². The summed E-state index contributed by atoms with van der Waals surface area (Å²) in [6, 6.07) is 13.5. The van der Waals surface area contributed by atoms with Crippen LogP contribution in [0.25, 0.3) is 5.57 Å². The van der Waals surface area contributed by atoms with Crippen LogP contribution in [0.2, 0.25) is 5.02 Å². The first-order valence-corrected chi connectivity index (χ1v) is 17.0. The summed E-state index contributed by atoms with van der Waals surface area (Å²) in [7, 11) is 0. The van der Waals surface area contributed by atoms with Gasteiger partial charge in [0.05, 0.1) is 22.3 Å². The molecule has 15 heteroatoms. The van der Waals surface area contributed by atoms with Crippen LogP contribution in [-0.2, 0) is 30.4 Å². The number of carboxylic acids is 2. The van der Waals surface area contributed by atoms with Crippen molar-refractivity contribution in [1.82, 2.24) is 9.80 Å². The van der Waals surface area contributed by atoms with Gasteiger partial charge >= 0.3 is 11.9 Å². The largest absolute Gasteiger partial charge is 0.481 e. The van der Waals surface area contributed by atoms with E-state index in [9.17, 15) is 33.5 Å². The van der Waals surface area contributed by atoms with E-state index in [2.05, 4.69) is 10.5 Å². The molecule has 6 rings (SSSR count). The number of aliphatic carboxylic acids is 1. The van der Waals surface area contributed by atoms with Gasteiger partial charge in [0.15, 0.2) is 5.82 Å². The molecular formula is C37H35ClFN5O8. The van der Waals surface area contributed by atoms with E-state index < -0.39 is 47.8 Å². The van der Waals surface area contributed by atoms with Crippen LogP contribution >= 0.6 is 11.6 Å². The van der Waals surface area contributed by atoms with E-state index >= 15 is 0 Å². The van der Waals surface area contributed by atoms with Crippen molar-refractivity contribution in [3.05, 3.63) is 105 Å². The molecular weight excluding hydrogens is 697 g/mol. The Morgan fingerprint density at radius 1 is 1.00 bits per heavy atom. The van der Waals surface area contributed by atoms with Crippen molar-refractivity contribution in [3.63, 3.8) is 0 Å². The van der Waals surface area contributed by atoms with E-state index in [4.69, 9.17) is 27.3 Å². The van der Waals surface area contributed by atoms with Crippen molar-refractivity contribution in [1.29, 1.82) is 0 Å². The number of oxime groups is 1. The number of hydrogen-bond acceptors (Lipinski definition) is 8. The molecule has 0 aromatic heterocycles. The molecule has 5 N–H and O–H groups in total. The number of carbonyl (C=O) groups is 5. The molecule has 3 heterocycles. The Balaban J connectivity index is 1.27. The Bertz CT molecular complexity index is 2000. The second-order valence-corrected chi connectivity index (χ2v) is 13.1. The van der Waals surface area contributed by atoms with Crippen molar-refractivity contribution < 1.29 is 43.4 Å². The lowest BCUT2D eigenvalue weighted by Gasteiger charge is -2.38. The maximum atomic E-state index is 14.8. The molecule has 3 aromatic rings. The zero-order valence-electron chi connectivity index (χ0n) is 27.8. The summed E-state index contributed by atoms with van der Waals surface area (Å²) in [6.45, 7) is 0.772. The van der Waals surface area contributed by atoms with Crippen molar-refractivity contribution in [2.75, 3.05) is 25.0 Å². The minimum Gasteiger partial charge on any atom is -0.481 e. The van der Waals surface area contributed by atoms with E-state index in [1.165, 1.54) is 41.3 Å². The summed E-state index contributed by atoms with van der Waals surface area (Å²) in [4.78, 5) is 72.0. The molecule has 52 heavy (non-hydrogen) atoms. The maximum Gasteiger partial charge on any atom is 0.335 e. The Kier molecular flexibility index (Phi) is 10.7. The number of aromatic carboxylic acids is 1. The van der Waals surface area contributed by atoms with Gasteiger partial charge in [0.2, 0.25) is 12.0 Å². The first-order chi connectivity index (χ1) is 24.9. The van der Waals surface area contributed by atoms with Crippen LogP contribution in [0.3, 0.4) is 0 Å². The van der Waals surface area contributed by atoms with Gasteiger partial charge in [-0.3, -0.25) is 19.2 Å². The molecule has 0 aliphatic carbocycles. The number of amides is 3. The van der Waals surface area contributed by atoms with Gasteiger partial charge in [-0.25, -0.2) is 9.18 Å². The van der Waals surface area contributed by atoms with Crippen molar-refractivity contribution in [2.24, 2.45) is 10.9 Å². The quantitative estimate of drug-likeness (QED) is 0.236. The first kappa shape index (κ1) is 36.2. The number of nitrogens with two attached hydrogens (primary N) is 1. The van der Waals surface area contributed by atoms with E-state index in [-0.39, 0.29) is 60.1 Å². The second kappa shape index (κ2) is 15.3. The van der Waals surface area contributed by atoms with Crippen LogP contribution in [0.1, 0.15) is 64.3 Å². The fourth-order valence-corrected chi connectivity index (χ4v) is 6.90. The molecule has 0 saturated heterocycles. The maximum absolute atomic E-state index is 14.8. The topological polar surface area (TPSA) is 192 Å². The molecule has 0 spiro atoms. The molecule has 3 aliphatic rings. The Morgan fingerprint density at radius 3 is 2.42 bits per heavy atom. The number of halogens is 2. The highest BCUT2D eigenvalue weighted by molar-refractivity contribution is 6.31. The van der Waals surface area contributed by atoms with Gasteiger partial charge in [-0.05, 0) is 77.9 Å². The second-order valence-electron chi connectivity index (χ2n) is 12.7. The highest BCUT2D eigenvalue weighted by Gasteiger charge is 2.42. The average Bonchev–Trinajstić information content (AvgIpc) is 3.64. The van der Waals surface area contributed by atoms with Gasteiger partial charge in [0.1, 0.15) is 6.04 Å². The third kappa shape index (κ3) is 7.53. The van der Waals surface area contributed by atoms with E-state index in [0.29, 0.717) is 30.6 Å². The molecule has 0 saturated carbocycles. The predicted octanol–water partition coefficient (Wildman–Crippen LogP) is 4.24. The fraction of sp³-hybridized carbons (Fsp3) is 0.297. The number of benzene rings is 3. The standard InChI is InChI=1S/C37H35ClFN5O8/c38-27-6-2-5-26(32(27)39)29-19-30(52-42-29)36(49)44-18-15-24-23(20-13-16-43(17-14-20)35(48)28(40)11-12-31(45)46)3-1-4-25(24)33(44)34(47)41-22-9-7-21(8-10-22)37(50)51/h1-10,13,28,30,33H,11-12,14-19,40H2,(H,41,47)(H,45,46)(H,50,51)/t28-,30?,33?/m0/s1. The normalized spacial score (nSPS) is 18.8. The number of anilines is 1. The van der Waals surface area contributed by atoms with E-state index in [0.717, 1.165) is 16.7 Å². The zero-order valence-corrected chi connectivity index (χ0v) is 28.5. The highest BCUT2D eigenvalue weighted by Crippen LogP contribution is 2.38. The summed E-state index contributed by atoms with van der Waals surface area (Å²) < 4.78 is 14.8. The first-order valence-electron chi connectivity index (χ1n) is 16.6. The van der Waals surface area contributed by atoms with Gasteiger partial charge in [-0.15, -0.1) is 0 Å². The summed E-state index contributed by atoms with van der Waals surface area (Å²) >= 11 is 5.96. The number of nitrogens with zero attached hydrogens (tertiary/aromatic N) is 3. The van der Waals surface area contributed by atoms with Crippen LogP contribution in [0.5, 0.6) is 0 Å². The summed E-state index contributed by atoms with van der Waals surface area (Å²) in [5, 5.41) is 25.0. The molecule has 3 aromatic carbocycles. The Morgan fingerprint density at radius 2 is 1.73 bits per heavy atom. The van der Waals surface area contributed by atoms with Crippen LogP contribution in [0.15, 0.2) is 71.9 Å². The molecule has 3 atom stereocenters. The fourth-order valence-electron chi connectivity index (χ4n) is 6.73. The van der Waals surface area contributed by atoms with Gasteiger partial charge in [-0.2, -0.15) is 0 Å². The number of fused-ring (bicyclic) bond motifs is 1. The molecule has 13 nitrogen and oxygen atoms in total. The number of carboxylic acid groups (broad SMARTS) is 2. The molecule has 3 amide bonds. The van der Waals surface area contributed by atoms with Crippen LogP contribution in [-0.4, -0.2) is 87.2 Å². The van der Waals surface area contributed by atoms with Crippen LogP contribution in [0, 0.1) is 5.82 Å². The summed E-state index contributed by atoms with van der Waals surface area (Å²) in [5.41, 5.74) is 9.90. The number of hydrogen-bond donors (Lipinski definition) is 4. The molecule has 0 radical (unpaired) electrons. The minimum absolute atomic E-state index is 0.0344. The summed E-state index contributed by atoms with van der Waals surface area (Å²) in [5.74, 6) is -4.22. The molecule has 270 valence electrons. The van der Waals surface area contributed by atoms with Gasteiger partial charge in [0, 0.05) is 43.7 Å². The minimum atomic E-state index is -1.13. The predicted molar refractivity (Wildman–Crippen MR) is 188 cm³/mol. The smallest absolute Gasteiger partial charge is 0.335 e. The lowest BCUT2D eigenvalue weighted by Crippen LogP contribution is -2.49. The number of rotatable bonds is 10. The third-order valence-electron chi connectivity index (χ3n) is 9.41. The van der Waals surface area contributed by atoms with E-state index in [1.54, 1.807) is 23.1 Å². The molecule has 0 fully saturated rings. The Labute approximate surface area is 302 Å². The van der Waals surface area contributed by atoms with Crippen molar-refractivity contribution in [3.8, 4) is 0 Å². The summed E-state index contributed by atoms with van der Waals surface area (Å²) in [6.07, 6.45) is 1.44. The van der Waals surface area contributed by atoms with Crippen molar-refractivity contribution in [2.45, 2.75) is 50.3 Å². The zero-order chi connectivity index (χ0) is 37.1. The monoisotopic (exact) mass is 731 g/mol. The van der Waals surface area contributed by atoms with Crippen molar-refractivity contribution >= 4 is 58.2 Å². The number of carbonyl (C=O) groups excluding carboxylic acids is 3. The third-order valence-corrected chi connectivity index (χ3v) is 9.70. The number of nitrogens with one attached hydrogen (secondary N) is 1. The van der Waals surface area contributed by atoms with Crippen LogP contribution < -0.4 is 11.1 Å². The molecule has 0 bridgehead atoms. The molecule has 2 unspecified atom stereocenters. The molecule has 3 aliphatic heterocycles. The van der Waals surface area contributed by atoms with E-state index in [1.807, 2.05) is 12.1 Å².